The number of carbonyl (C=O) groups excluding carboxylic acids is 1. The van der Waals surface area contributed by atoms with Crippen LogP contribution in [0, 0.1) is 11.3 Å². The number of hydrogen-bond donors (Lipinski definition) is 0. The molecule has 0 radical (unpaired) electrons. The minimum Gasteiger partial charge on any atom is -0.321 e. The minimum atomic E-state index is -0.164. The van der Waals surface area contributed by atoms with Crippen molar-refractivity contribution in [1.82, 2.24) is 4.90 Å². The SMILES string of the molecule is N#CCN(Cc1ccccc1)C(=O)c1cc(Br)cc(Br)c1. The second-order valence-corrected chi connectivity index (χ2v) is 6.29. The van der Waals surface area contributed by atoms with Crippen LogP contribution in [-0.2, 0) is 6.54 Å². The molecule has 0 atom stereocenters. The molecule has 0 aliphatic rings. The molecule has 5 heteroatoms. The van der Waals surface area contributed by atoms with Crippen molar-refractivity contribution in [2.24, 2.45) is 0 Å². The highest BCUT2D eigenvalue weighted by Gasteiger charge is 2.16. The fourth-order valence-corrected chi connectivity index (χ4v) is 3.24. The van der Waals surface area contributed by atoms with Gasteiger partial charge >= 0.3 is 0 Å². The Balaban J connectivity index is 2.25. The van der Waals surface area contributed by atoms with Gasteiger partial charge in [0.2, 0.25) is 0 Å². The Hall–Kier alpha value is -1.64. The van der Waals surface area contributed by atoms with Crippen molar-refractivity contribution in [3.05, 3.63) is 68.6 Å². The third-order valence-electron chi connectivity index (χ3n) is 2.87. The lowest BCUT2D eigenvalue weighted by Crippen LogP contribution is -2.31. The first-order valence-corrected chi connectivity index (χ1v) is 7.85. The smallest absolute Gasteiger partial charge is 0.255 e. The van der Waals surface area contributed by atoms with Crippen molar-refractivity contribution < 1.29 is 4.79 Å². The largest absolute Gasteiger partial charge is 0.321 e. The van der Waals surface area contributed by atoms with Gasteiger partial charge in [0.25, 0.3) is 5.91 Å². The lowest BCUT2D eigenvalue weighted by molar-refractivity contribution is 0.0765. The van der Waals surface area contributed by atoms with E-state index in [1.165, 1.54) is 4.90 Å². The van der Waals surface area contributed by atoms with Gasteiger partial charge in [0.1, 0.15) is 6.54 Å². The van der Waals surface area contributed by atoms with E-state index in [1.54, 1.807) is 12.1 Å². The molecule has 0 saturated carbocycles. The second-order valence-electron chi connectivity index (χ2n) is 4.46. The van der Waals surface area contributed by atoms with Gasteiger partial charge in [0.05, 0.1) is 6.07 Å². The molecule has 0 spiro atoms. The molecule has 2 aromatic carbocycles. The number of amides is 1. The number of halogens is 2. The van der Waals surface area contributed by atoms with Crippen LogP contribution in [0.2, 0.25) is 0 Å². The molecule has 0 bridgehead atoms. The molecule has 0 aliphatic carbocycles. The summed E-state index contributed by atoms with van der Waals surface area (Å²) in [4.78, 5) is 14.1. The zero-order chi connectivity index (χ0) is 15.2. The molecule has 2 rings (SSSR count). The molecule has 0 heterocycles. The molecule has 1 amide bonds. The highest BCUT2D eigenvalue weighted by Crippen LogP contribution is 2.21. The molecule has 0 N–H and O–H groups in total. The van der Waals surface area contributed by atoms with E-state index in [2.05, 4.69) is 31.9 Å². The van der Waals surface area contributed by atoms with E-state index in [0.717, 1.165) is 14.5 Å². The van der Waals surface area contributed by atoms with Crippen LogP contribution in [0.4, 0.5) is 0 Å². The first kappa shape index (κ1) is 15.7. The monoisotopic (exact) mass is 406 g/mol. The molecule has 0 fully saturated rings. The van der Waals surface area contributed by atoms with Crippen molar-refractivity contribution in [2.45, 2.75) is 6.54 Å². The zero-order valence-electron chi connectivity index (χ0n) is 11.1. The Morgan fingerprint density at radius 2 is 1.71 bits per heavy atom. The molecule has 0 unspecified atom stereocenters. The average Bonchev–Trinajstić information content (AvgIpc) is 2.46. The number of rotatable bonds is 4. The van der Waals surface area contributed by atoms with Gasteiger partial charge in [-0.1, -0.05) is 62.2 Å². The van der Waals surface area contributed by atoms with E-state index >= 15 is 0 Å². The van der Waals surface area contributed by atoms with Crippen LogP contribution in [0.1, 0.15) is 15.9 Å². The van der Waals surface area contributed by atoms with Crippen LogP contribution in [0.5, 0.6) is 0 Å². The summed E-state index contributed by atoms with van der Waals surface area (Å²) in [6.07, 6.45) is 0. The summed E-state index contributed by atoms with van der Waals surface area (Å²) in [7, 11) is 0. The number of nitriles is 1. The minimum absolute atomic E-state index is 0.0534. The van der Waals surface area contributed by atoms with E-state index < -0.39 is 0 Å². The Morgan fingerprint density at radius 3 is 2.29 bits per heavy atom. The normalized spacial score (nSPS) is 9.95. The number of carbonyl (C=O) groups is 1. The van der Waals surface area contributed by atoms with Gasteiger partial charge in [-0.05, 0) is 23.8 Å². The van der Waals surface area contributed by atoms with Crippen molar-refractivity contribution >= 4 is 37.8 Å². The quantitative estimate of drug-likeness (QED) is 0.706. The molecule has 2 aromatic rings. The second kappa shape index (κ2) is 7.39. The highest BCUT2D eigenvalue weighted by molar-refractivity contribution is 9.11. The van der Waals surface area contributed by atoms with Crippen LogP contribution < -0.4 is 0 Å². The van der Waals surface area contributed by atoms with Crippen LogP contribution in [0.25, 0.3) is 0 Å². The third-order valence-corrected chi connectivity index (χ3v) is 3.79. The van der Waals surface area contributed by atoms with Crippen LogP contribution in [0.3, 0.4) is 0 Å². The van der Waals surface area contributed by atoms with E-state index in [1.807, 2.05) is 42.5 Å². The third kappa shape index (κ3) is 4.42. The fraction of sp³-hybridized carbons (Fsp3) is 0.125. The molecule has 21 heavy (non-hydrogen) atoms. The first-order valence-electron chi connectivity index (χ1n) is 6.26. The lowest BCUT2D eigenvalue weighted by Gasteiger charge is -2.20. The van der Waals surface area contributed by atoms with Crippen LogP contribution in [-0.4, -0.2) is 17.4 Å². The maximum atomic E-state index is 12.6. The van der Waals surface area contributed by atoms with Crippen molar-refractivity contribution in [3.8, 4) is 6.07 Å². The van der Waals surface area contributed by atoms with Crippen molar-refractivity contribution in [1.29, 1.82) is 5.26 Å². The summed E-state index contributed by atoms with van der Waals surface area (Å²) in [6.45, 7) is 0.467. The van der Waals surface area contributed by atoms with Gasteiger partial charge in [-0.25, -0.2) is 0 Å². The number of benzene rings is 2. The van der Waals surface area contributed by atoms with Gasteiger partial charge in [-0.15, -0.1) is 0 Å². The summed E-state index contributed by atoms with van der Waals surface area (Å²) in [5.41, 5.74) is 1.54. The van der Waals surface area contributed by atoms with Crippen LogP contribution in [0.15, 0.2) is 57.5 Å². The molecule has 0 saturated heterocycles. The van der Waals surface area contributed by atoms with Gasteiger partial charge < -0.3 is 4.90 Å². The standard InChI is InChI=1S/C16H12Br2N2O/c17-14-8-13(9-15(18)10-14)16(21)20(7-6-19)11-12-4-2-1-3-5-12/h1-5,8-10H,7,11H2. The van der Waals surface area contributed by atoms with E-state index in [-0.39, 0.29) is 12.5 Å². The summed E-state index contributed by atoms with van der Waals surface area (Å²) in [5, 5.41) is 8.96. The predicted molar refractivity (Wildman–Crippen MR) is 88.6 cm³/mol. The Bertz CT molecular complexity index is 660. The molecule has 0 aromatic heterocycles. The highest BCUT2D eigenvalue weighted by atomic mass is 79.9. The summed E-state index contributed by atoms with van der Waals surface area (Å²) in [6, 6.07) is 17.1. The maximum Gasteiger partial charge on any atom is 0.255 e. The molecule has 0 aliphatic heterocycles. The van der Waals surface area contributed by atoms with Crippen molar-refractivity contribution in [3.63, 3.8) is 0 Å². The van der Waals surface area contributed by atoms with E-state index in [0.29, 0.717) is 12.1 Å². The summed E-state index contributed by atoms with van der Waals surface area (Å²) >= 11 is 6.74. The predicted octanol–water partition coefficient (Wildman–Crippen LogP) is 4.38. The molecule has 106 valence electrons. The zero-order valence-corrected chi connectivity index (χ0v) is 14.3. The topological polar surface area (TPSA) is 44.1 Å². The van der Waals surface area contributed by atoms with Crippen LogP contribution >= 0.6 is 31.9 Å². The molecular weight excluding hydrogens is 396 g/mol. The van der Waals surface area contributed by atoms with Gasteiger partial charge in [0.15, 0.2) is 0 Å². The first-order chi connectivity index (χ1) is 10.1. The van der Waals surface area contributed by atoms with Gasteiger partial charge in [0, 0.05) is 21.1 Å². The Kier molecular flexibility index (Phi) is 5.54. The summed E-state index contributed by atoms with van der Waals surface area (Å²) < 4.78 is 1.63. The maximum absolute atomic E-state index is 12.6. The Labute approximate surface area is 140 Å². The van der Waals surface area contributed by atoms with E-state index in [4.69, 9.17) is 5.26 Å². The number of hydrogen-bond acceptors (Lipinski definition) is 2. The number of nitrogens with zero attached hydrogens (tertiary/aromatic N) is 2. The fourth-order valence-electron chi connectivity index (χ4n) is 1.95. The molecular formula is C16H12Br2N2O. The average molecular weight is 408 g/mol. The van der Waals surface area contributed by atoms with Gasteiger partial charge in [-0.3, -0.25) is 4.79 Å². The molecule has 3 nitrogen and oxygen atoms in total. The Morgan fingerprint density at radius 1 is 1.10 bits per heavy atom. The van der Waals surface area contributed by atoms with Crippen molar-refractivity contribution in [2.75, 3.05) is 6.54 Å². The van der Waals surface area contributed by atoms with E-state index in [9.17, 15) is 4.79 Å². The van der Waals surface area contributed by atoms with Gasteiger partial charge in [-0.2, -0.15) is 5.26 Å². The summed E-state index contributed by atoms with van der Waals surface area (Å²) in [5.74, 6) is -0.164. The lowest BCUT2D eigenvalue weighted by atomic mass is 10.1.